The Balaban J connectivity index is 0.000000191. The first kappa shape index (κ1) is 46.5. The third-order valence-electron chi connectivity index (χ3n) is 13.5. The Morgan fingerprint density at radius 3 is 1.38 bits per heavy atom. The highest BCUT2D eigenvalue weighted by atomic mass is 19.1. The van der Waals surface area contributed by atoms with Gasteiger partial charge in [0.1, 0.15) is 11.6 Å². The molecule has 0 radical (unpaired) electrons. The van der Waals surface area contributed by atoms with Gasteiger partial charge in [-0.15, -0.1) is 0 Å². The SMILES string of the molecule is C/C=C/c1ccc2n(c1=O)C[C@H]1[C@H](CO)[C@@H](C(=O)NCc3ccccc3F)N(CCC)[C@@H]21.C/C=C\c1ccc2n(c1=O)C[C@H]1[C@H](CO)[C@@H](C(=O)NCc3ccccc3F)N(CCC)[C@@H]21. The molecule has 12 nitrogen and oxygen atoms in total. The monoisotopic (exact) mass is 878 g/mol. The Morgan fingerprint density at radius 2 is 1.03 bits per heavy atom. The van der Waals surface area contributed by atoms with E-state index in [0.29, 0.717) is 48.4 Å². The zero-order valence-corrected chi connectivity index (χ0v) is 37.0. The predicted molar refractivity (Wildman–Crippen MR) is 242 cm³/mol. The number of aromatic nitrogens is 2. The number of halogens is 2. The lowest BCUT2D eigenvalue weighted by Crippen LogP contribution is -2.48. The molecule has 0 unspecified atom stereocenters. The van der Waals surface area contributed by atoms with Gasteiger partial charge in [0.25, 0.3) is 11.1 Å². The number of amides is 2. The number of likely N-dealkylation sites (tertiary alicyclic amines) is 2. The van der Waals surface area contributed by atoms with Gasteiger partial charge >= 0.3 is 0 Å². The second-order valence-electron chi connectivity index (χ2n) is 17.2. The fraction of sp³-hybridized carbons (Fsp3) is 0.440. The standard InChI is InChI=1S/2C25H30FN3O3/c2*1-3-7-16-10-11-21-22-18(14-29(21)25(16)32)19(15-30)23(28(22)12-4-2)24(31)27-13-17-8-5-6-9-20(17)26/h2*3,5-11,18-19,22-23,30H,4,12-15H2,1-2H3,(H,27,31)/b7-3+;7-3-/t2*18-,19-,22+,23-/m00/s1. The van der Waals surface area contributed by atoms with E-state index in [4.69, 9.17) is 0 Å². The van der Waals surface area contributed by atoms with E-state index in [2.05, 4.69) is 20.4 Å². The summed E-state index contributed by atoms with van der Waals surface area (Å²) in [4.78, 5) is 56.7. The zero-order chi connectivity index (χ0) is 45.7. The summed E-state index contributed by atoms with van der Waals surface area (Å²) in [5, 5.41) is 26.3. The summed E-state index contributed by atoms with van der Waals surface area (Å²) in [6.07, 6.45) is 8.95. The Hall–Kier alpha value is -5.54. The van der Waals surface area contributed by atoms with Crippen LogP contribution in [-0.4, -0.2) is 79.3 Å². The van der Waals surface area contributed by atoms with Crippen LogP contribution in [0.2, 0.25) is 0 Å². The van der Waals surface area contributed by atoms with Crippen LogP contribution in [0.25, 0.3) is 12.2 Å². The predicted octanol–water partition coefficient (Wildman–Crippen LogP) is 5.42. The van der Waals surface area contributed by atoms with Crippen LogP contribution in [0.3, 0.4) is 0 Å². The number of benzene rings is 2. The largest absolute Gasteiger partial charge is 0.396 e. The summed E-state index contributed by atoms with van der Waals surface area (Å²) in [6.45, 7) is 10.0. The fourth-order valence-corrected chi connectivity index (χ4v) is 10.8. The molecule has 0 spiro atoms. The minimum atomic E-state index is -0.527. The van der Waals surface area contributed by atoms with Crippen molar-refractivity contribution < 1.29 is 28.6 Å². The minimum Gasteiger partial charge on any atom is -0.396 e. The summed E-state index contributed by atoms with van der Waals surface area (Å²) < 4.78 is 31.6. The number of fused-ring (bicyclic) bond motifs is 6. The molecule has 2 aromatic carbocycles. The smallest absolute Gasteiger partial charge is 0.258 e. The highest BCUT2D eigenvalue weighted by Crippen LogP contribution is 2.50. The topological polar surface area (TPSA) is 149 Å². The molecule has 64 heavy (non-hydrogen) atoms. The van der Waals surface area contributed by atoms with Crippen molar-refractivity contribution in [3.05, 3.63) is 151 Å². The number of nitrogens with one attached hydrogen (secondary N) is 2. The molecule has 4 aromatic rings. The lowest BCUT2D eigenvalue weighted by atomic mass is 9.88. The average molecular weight is 879 g/mol. The normalized spacial score (nSPS) is 24.6. The van der Waals surface area contributed by atoms with Crippen LogP contribution in [0.1, 0.15) is 86.3 Å². The van der Waals surface area contributed by atoms with Crippen LogP contribution >= 0.6 is 0 Å². The van der Waals surface area contributed by atoms with Gasteiger partial charge in [-0.1, -0.05) is 74.5 Å². The lowest BCUT2D eigenvalue weighted by Gasteiger charge is -2.30. The molecule has 6 heterocycles. The van der Waals surface area contributed by atoms with E-state index in [9.17, 15) is 38.2 Å². The molecule has 4 N–H and O–H groups in total. The minimum absolute atomic E-state index is 0.0377. The molecular weight excluding hydrogens is 819 g/mol. The first-order valence-corrected chi connectivity index (χ1v) is 22.5. The van der Waals surface area contributed by atoms with E-state index in [0.717, 1.165) is 24.2 Å². The van der Waals surface area contributed by atoms with E-state index in [1.807, 2.05) is 64.1 Å². The summed E-state index contributed by atoms with van der Waals surface area (Å²) >= 11 is 0. The van der Waals surface area contributed by atoms with E-state index < -0.39 is 12.1 Å². The van der Waals surface area contributed by atoms with E-state index in [-0.39, 0.29) is 96.6 Å². The molecular formula is C50H60F2N6O6. The van der Waals surface area contributed by atoms with Gasteiger partial charge in [-0.25, -0.2) is 8.78 Å². The van der Waals surface area contributed by atoms with Crippen molar-refractivity contribution in [1.29, 1.82) is 0 Å². The average Bonchev–Trinajstić information content (AvgIpc) is 4.03. The number of pyridine rings is 2. The molecule has 2 saturated heterocycles. The maximum absolute atomic E-state index is 14.0. The third kappa shape index (κ3) is 8.80. The highest BCUT2D eigenvalue weighted by Gasteiger charge is 2.56. The molecule has 8 rings (SSSR count). The summed E-state index contributed by atoms with van der Waals surface area (Å²) in [7, 11) is 0. The van der Waals surface area contributed by atoms with Crippen molar-refractivity contribution in [1.82, 2.24) is 29.6 Å². The number of rotatable bonds is 14. The molecule has 340 valence electrons. The van der Waals surface area contributed by atoms with E-state index >= 15 is 0 Å². The molecule has 2 aromatic heterocycles. The number of hydrogen-bond donors (Lipinski definition) is 4. The van der Waals surface area contributed by atoms with Crippen LogP contribution in [0.4, 0.5) is 8.78 Å². The van der Waals surface area contributed by atoms with Crippen LogP contribution in [-0.2, 0) is 35.8 Å². The van der Waals surface area contributed by atoms with Gasteiger partial charge in [0, 0.05) is 96.7 Å². The molecule has 2 fully saturated rings. The van der Waals surface area contributed by atoms with Gasteiger partial charge in [-0.3, -0.25) is 29.0 Å². The van der Waals surface area contributed by atoms with Gasteiger partial charge in [-0.05, 0) is 76.2 Å². The Labute approximate surface area is 372 Å². The summed E-state index contributed by atoms with van der Waals surface area (Å²) in [5.41, 5.74) is 3.84. The first-order chi connectivity index (χ1) is 31.0. The zero-order valence-electron chi connectivity index (χ0n) is 37.0. The van der Waals surface area contributed by atoms with Crippen molar-refractivity contribution in [2.24, 2.45) is 23.7 Å². The maximum atomic E-state index is 14.0. The van der Waals surface area contributed by atoms with Crippen molar-refractivity contribution in [3.63, 3.8) is 0 Å². The van der Waals surface area contributed by atoms with Crippen molar-refractivity contribution in [2.75, 3.05) is 26.3 Å². The lowest BCUT2D eigenvalue weighted by molar-refractivity contribution is -0.128. The third-order valence-corrected chi connectivity index (χ3v) is 13.5. The van der Waals surface area contributed by atoms with Gasteiger partial charge in [0.15, 0.2) is 0 Å². The van der Waals surface area contributed by atoms with Gasteiger partial charge in [0.2, 0.25) is 11.8 Å². The second kappa shape index (κ2) is 20.5. The van der Waals surface area contributed by atoms with Crippen LogP contribution in [0.5, 0.6) is 0 Å². The molecule has 0 bridgehead atoms. The Kier molecular flexibility index (Phi) is 14.9. The number of allylic oxidation sites excluding steroid dienone is 2. The maximum Gasteiger partial charge on any atom is 0.258 e. The van der Waals surface area contributed by atoms with E-state index in [1.165, 1.54) is 12.1 Å². The van der Waals surface area contributed by atoms with Crippen molar-refractivity contribution in [2.45, 2.75) is 90.9 Å². The van der Waals surface area contributed by atoms with Crippen LogP contribution in [0, 0.1) is 35.3 Å². The number of aliphatic hydroxyl groups excluding tert-OH is 2. The van der Waals surface area contributed by atoms with Crippen LogP contribution in [0.15, 0.2) is 94.5 Å². The number of aliphatic hydroxyl groups is 2. The number of carbonyl (C=O) groups excluding carboxylic acids is 2. The highest BCUT2D eigenvalue weighted by molar-refractivity contribution is 5.83. The molecule has 0 saturated carbocycles. The summed E-state index contributed by atoms with van der Waals surface area (Å²) in [5.74, 6) is -1.83. The molecule has 0 aliphatic carbocycles. The van der Waals surface area contributed by atoms with Gasteiger partial charge in [0.05, 0.1) is 24.2 Å². The molecule has 14 heteroatoms. The molecule has 4 aliphatic rings. The fourth-order valence-electron chi connectivity index (χ4n) is 10.8. The Bertz CT molecular complexity index is 2330. The van der Waals surface area contributed by atoms with Gasteiger partial charge < -0.3 is 30.0 Å². The van der Waals surface area contributed by atoms with E-state index in [1.54, 1.807) is 57.7 Å². The molecule has 2 amide bonds. The van der Waals surface area contributed by atoms with Crippen molar-refractivity contribution >= 4 is 24.0 Å². The molecule has 8 atom stereocenters. The van der Waals surface area contributed by atoms with Crippen molar-refractivity contribution in [3.8, 4) is 0 Å². The Morgan fingerprint density at radius 1 is 0.641 bits per heavy atom. The molecule has 4 aliphatic heterocycles. The van der Waals surface area contributed by atoms with Gasteiger partial charge in [-0.2, -0.15) is 0 Å². The number of carbonyl (C=O) groups is 2. The second-order valence-corrected chi connectivity index (χ2v) is 17.2. The number of hydrogen-bond acceptors (Lipinski definition) is 8. The van der Waals surface area contributed by atoms with Crippen LogP contribution < -0.4 is 21.8 Å². The first-order valence-electron chi connectivity index (χ1n) is 22.5. The number of nitrogens with zero attached hydrogens (tertiary/aromatic N) is 4. The summed E-state index contributed by atoms with van der Waals surface area (Å²) in [6, 6.07) is 19.1. The quantitative estimate of drug-likeness (QED) is 0.131.